The maximum atomic E-state index is 11.1. The van der Waals surface area contributed by atoms with Crippen LogP contribution in [0.1, 0.15) is 12.8 Å². The van der Waals surface area contributed by atoms with Gasteiger partial charge in [-0.2, -0.15) is 0 Å². The van der Waals surface area contributed by atoms with Gasteiger partial charge < -0.3 is 10.1 Å². The van der Waals surface area contributed by atoms with Crippen molar-refractivity contribution in [2.45, 2.75) is 12.8 Å². The molecule has 0 bridgehead atoms. The fourth-order valence-corrected chi connectivity index (χ4v) is 3.28. The van der Waals surface area contributed by atoms with E-state index in [1.54, 1.807) is 0 Å². The van der Waals surface area contributed by atoms with E-state index in [1.807, 2.05) is 11.4 Å². The van der Waals surface area contributed by atoms with Gasteiger partial charge in [0, 0.05) is 19.8 Å². The van der Waals surface area contributed by atoms with Crippen molar-refractivity contribution in [3.8, 4) is 0 Å². The van der Waals surface area contributed by atoms with Gasteiger partial charge in [-0.25, -0.2) is 4.98 Å². The Morgan fingerprint density at radius 2 is 2.30 bits per heavy atom. The number of nitro groups is 1. The Bertz CT molecular complexity index is 622. The number of fused-ring (bicyclic) bond motifs is 1. The lowest BCUT2D eigenvalue weighted by Gasteiger charge is -2.22. The lowest BCUT2D eigenvalue weighted by atomic mass is 10.0. The van der Waals surface area contributed by atoms with E-state index in [2.05, 4.69) is 10.3 Å². The van der Waals surface area contributed by atoms with Gasteiger partial charge in [-0.3, -0.25) is 10.1 Å². The number of thiophene rings is 1. The van der Waals surface area contributed by atoms with Crippen molar-refractivity contribution in [1.29, 1.82) is 0 Å². The second-order valence-corrected chi connectivity index (χ2v) is 5.76. The highest BCUT2D eigenvalue weighted by Crippen LogP contribution is 2.35. The van der Waals surface area contributed by atoms with Crippen LogP contribution in [0.25, 0.3) is 10.2 Å². The van der Waals surface area contributed by atoms with Gasteiger partial charge in [0.15, 0.2) is 0 Å². The summed E-state index contributed by atoms with van der Waals surface area (Å²) in [6.45, 7) is 2.29. The van der Waals surface area contributed by atoms with E-state index in [0.29, 0.717) is 11.6 Å². The normalized spacial score (nSPS) is 16.4. The van der Waals surface area contributed by atoms with Crippen LogP contribution in [0.5, 0.6) is 0 Å². The van der Waals surface area contributed by atoms with Gasteiger partial charge in [0.05, 0.1) is 15.1 Å². The van der Waals surface area contributed by atoms with Gasteiger partial charge in [-0.15, -0.1) is 11.3 Å². The molecule has 2 aromatic rings. The van der Waals surface area contributed by atoms with Crippen LogP contribution in [-0.2, 0) is 4.74 Å². The minimum atomic E-state index is -0.377. The first-order valence-corrected chi connectivity index (χ1v) is 7.46. The molecule has 3 rings (SSSR count). The highest BCUT2D eigenvalue weighted by atomic mass is 32.1. The summed E-state index contributed by atoms with van der Waals surface area (Å²) in [4.78, 5) is 14.9. The number of nitrogens with one attached hydrogen (secondary N) is 1. The van der Waals surface area contributed by atoms with Gasteiger partial charge in [-0.05, 0) is 30.2 Å². The SMILES string of the molecule is O=[N+]([O-])c1cnc2ccsc2c1NCC1CCOCC1. The molecule has 7 heteroatoms. The maximum Gasteiger partial charge on any atom is 0.311 e. The summed E-state index contributed by atoms with van der Waals surface area (Å²) in [6, 6.07) is 1.88. The highest BCUT2D eigenvalue weighted by Gasteiger charge is 2.21. The topological polar surface area (TPSA) is 77.3 Å². The number of ether oxygens (including phenoxy) is 1. The minimum absolute atomic E-state index is 0.0482. The Morgan fingerprint density at radius 1 is 1.50 bits per heavy atom. The van der Waals surface area contributed by atoms with E-state index < -0.39 is 0 Å². The van der Waals surface area contributed by atoms with Crippen LogP contribution in [-0.4, -0.2) is 29.7 Å². The predicted molar refractivity (Wildman–Crippen MR) is 78.3 cm³/mol. The van der Waals surface area contributed by atoms with Crippen LogP contribution < -0.4 is 5.32 Å². The largest absolute Gasteiger partial charge is 0.381 e. The van der Waals surface area contributed by atoms with Gasteiger partial charge in [0.1, 0.15) is 11.9 Å². The summed E-state index contributed by atoms with van der Waals surface area (Å²) < 4.78 is 6.18. The van der Waals surface area contributed by atoms with Gasteiger partial charge >= 0.3 is 5.69 Å². The van der Waals surface area contributed by atoms with Crippen molar-refractivity contribution in [1.82, 2.24) is 4.98 Å². The van der Waals surface area contributed by atoms with E-state index in [-0.39, 0.29) is 10.6 Å². The third kappa shape index (κ3) is 2.59. The zero-order chi connectivity index (χ0) is 13.9. The Hall–Kier alpha value is -1.73. The molecule has 2 aromatic heterocycles. The molecule has 1 aliphatic heterocycles. The van der Waals surface area contributed by atoms with Gasteiger partial charge in [0.2, 0.25) is 0 Å². The summed E-state index contributed by atoms with van der Waals surface area (Å²) >= 11 is 1.48. The molecule has 0 amide bonds. The van der Waals surface area contributed by atoms with Crippen LogP contribution in [0.3, 0.4) is 0 Å². The first-order chi connectivity index (χ1) is 9.75. The number of anilines is 1. The lowest BCUT2D eigenvalue weighted by Crippen LogP contribution is -2.22. The summed E-state index contributed by atoms with van der Waals surface area (Å²) in [6.07, 6.45) is 3.33. The van der Waals surface area contributed by atoms with Crippen LogP contribution >= 0.6 is 11.3 Å². The average Bonchev–Trinajstić information content (AvgIpc) is 2.94. The van der Waals surface area contributed by atoms with Crippen molar-refractivity contribution < 1.29 is 9.66 Å². The number of pyridine rings is 1. The van der Waals surface area contributed by atoms with Gasteiger partial charge in [-0.1, -0.05) is 0 Å². The van der Waals surface area contributed by atoms with E-state index in [0.717, 1.165) is 42.8 Å². The standard InChI is InChI=1S/C13H15N3O3S/c17-16(18)11-8-14-10-3-6-20-13(10)12(11)15-7-9-1-4-19-5-2-9/h3,6,8-9H,1-2,4-5,7H2,(H,14,15). The van der Waals surface area contributed by atoms with E-state index in [1.165, 1.54) is 17.5 Å². The molecule has 0 saturated carbocycles. The Balaban J connectivity index is 1.85. The summed E-state index contributed by atoms with van der Waals surface area (Å²) in [7, 11) is 0. The minimum Gasteiger partial charge on any atom is -0.381 e. The second-order valence-electron chi connectivity index (χ2n) is 4.85. The average molecular weight is 293 g/mol. The van der Waals surface area contributed by atoms with Crippen LogP contribution in [0.15, 0.2) is 17.6 Å². The molecule has 3 heterocycles. The van der Waals surface area contributed by atoms with Crippen molar-refractivity contribution in [3.63, 3.8) is 0 Å². The third-order valence-corrected chi connectivity index (χ3v) is 4.48. The number of hydrogen-bond donors (Lipinski definition) is 1. The van der Waals surface area contributed by atoms with Crippen molar-refractivity contribution in [2.24, 2.45) is 5.92 Å². The van der Waals surface area contributed by atoms with Gasteiger partial charge in [0.25, 0.3) is 0 Å². The molecule has 0 unspecified atom stereocenters. The molecule has 0 aromatic carbocycles. The summed E-state index contributed by atoms with van der Waals surface area (Å²) in [5.41, 5.74) is 1.45. The molecule has 0 atom stereocenters. The molecule has 1 saturated heterocycles. The second kappa shape index (κ2) is 5.72. The smallest absolute Gasteiger partial charge is 0.311 e. The van der Waals surface area contributed by atoms with Crippen molar-refractivity contribution in [3.05, 3.63) is 27.8 Å². The molecule has 1 fully saturated rings. The van der Waals surface area contributed by atoms with Crippen LogP contribution in [0, 0.1) is 16.0 Å². The molecule has 0 radical (unpaired) electrons. The third-order valence-electron chi connectivity index (χ3n) is 3.56. The Morgan fingerprint density at radius 3 is 3.05 bits per heavy atom. The summed E-state index contributed by atoms with van der Waals surface area (Å²) in [5.74, 6) is 0.506. The molecule has 0 spiro atoms. The molecular weight excluding hydrogens is 278 g/mol. The first kappa shape index (κ1) is 13.3. The fraction of sp³-hybridized carbons (Fsp3) is 0.462. The molecular formula is C13H15N3O3S. The molecule has 1 aliphatic rings. The van der Waals surface area contributed by atoms with Crippen molar-refractivity contribution in [2.75, 3.05) is 25.1 Å². The maximum absolute atomic E-state index is 11.1. The van der Waals surface area contributed by atoms with E-state index >= 15 is 0 Å². The fourth-order valence-electron chi connectivity index (χ4n) is 2.41. The zero-order valence-electron chi connectivity index (χ0n) is 10.9. The van der Waals surface area contributed by atoms with Crippen LogP contribution in [0.2, 0.25) is 0 Å². The number of nitrogens with zero attached hydrogens (tertiary/aromatic N) is 2. The molecule has 6 nitrogen and oxygen atoms in total. The molecule has 1 N–H and O–H groups in total. The van der Waals surface area contributed by atoms with E-state index in [9.17, 15) is 10.1 Å². The number of rotatable bonds is 4. The van der Waals surface area contributed by atoms with E-state index in [4.69, 9.17) is 4.74 Å². The quantitative estimate of drug-likeness (QED) is 0.692. The number of hydrogen-bond acceptors (Lipinski definition) is 6. The zero-order valence-corrected chi connectivity index (χ0v) is 11.7. The summed E-state index contributed by atoms with van der Waals surface area (Å²) in [5, 5.41) is 16.3. The number of aromatic nitrogens is 1. The highest BCUT2D eigenvalue weighted by molar-refractivity contribution is 7.17. The first-order valence-electron chi connectivity index (χ1n) is 6.58. The lowest BCUT2D eigenvalue weighted by molar-refractivity contribution is -0.384. The Labute approximate surface area is 119 Å². The monoisotopic (exact) mass is 293 g/mol. The molecule has 20 heavy (non-hydrogen) atoms. The van der Waals surface area contributed by atoms with Crippen LogP contribution in [0.4, 0.5) is 11.4 Å². The van der Waals surface area contributed by atoms with Crippen molar-refractivity contribution >= 4 is 32.9 Å². The Kier molecular flexibility index (Phi) is 3.79. The molecule has 0 aliphatic carbocycles. The molecule has 106 valence electrons. The predicted octanol–water partition coefficient (Wildman–Crippen LogP) is 3.04.